The molecule has 0 radical (unpaired) electrons. The van der Waals surface area contributed by atoms with E-state index < -0.39 is 0 Å². The van der Waals surface area contributed by atoms with E-state index >= 15 is 0 Å². The topological polar surface area (TPSA) is 80.5 Å². The van der Waals surface area contributed by atoms with Gasteiger partial charge in [0.05, 0.1) is 5.69 Å². The molecule has 0 fully saturated rings. The van der Waals surface area contributed by atoms with Crippen LogP contribution in [0, 0.1) is 6.92 Å². The SMILES string of the molecule is Cc1cc(-c2[nH]c3ccc(-c4cnc(N)nc4)cc3c2C(C)C)ccn1. The van der Waals surface area contributed by atoms with Gasteiger partial charge in [0, 0.05) is 46.3 Å². The Labute approximate surface area is 152 Å². The van der Waals surface area contributed by atoms with Crippen molar-refractivity contribution in [1.29, 1.82) is 0 Å². The zero-order valence-corrected chi connectivity index (χ0v) is 15.1. The molecule has 5 heteroatoms. The highest BCUT2D eigenvalue weighted by molar-refractivity contribution is 5.94. The van der Waals surface area contributed by atoms with Crippen molar-refractivity contribution in [3.05, 3.63) is 60.2 Å². The summed E-state index contributed by atoms with van der Waals surface area (Å²) in [5, 5.41) is 1.22. The Morgan fingerprint density at radius 2 is 1.69 bits per heavy atom. The zero-order valence-electron chi connectivity index (χ0n) is 15.1. The largest absolute Gasteiger partial charge is 0.368 e. The molecule has 0 bridgehead atoms. The number of hydrogen-bond acceptors (Lipinski definition) is 4. The molecule has 0 aliphatic heterocycles. The molecule has 0 atom stereocenters. The van der Waals surface area contributed by atoms with Gasteiger partial charge in [-0.25, -0.2) is 9.97 Å². The van der Waals surface area contributed by atoms with E-state index in [4.69, 9.17) is 5.73 Å². The average Bonchev–Trinajstić information content (AvgIpc) is 3.01. The van der Waals surface area contributed by atoms with Crippen molar-refractivity contribution < 1.29 is 0 Å². The molecule has 0 aliphatic rings. The van der Waals surface area contributed by atoms with Gasteiger partial charge in [-0.05, 0) is 48.2 Å². The maximum atomic E-state index is 5.61. The molecule has 1 aromatic carbocycles. The highest BCUT2D eigenvalue weighted by Gasteiger charge is 2.17. The van der Waals surface area contributed by atoms with Crippen molar-refractivity contribution in [1.82, 2.24) is 19.9 Å². The molecular formula is C21H21N5. The second-order valence-electron chi connectivity index (χ2n) is 6.84. The lowest BCUT2D eigenvalue weighted by atomic mass is 9.95. The number of hydrogen-bond donors (Lipinski definition) is 2. The number of aromatic amines is 1. The summed E-state index contributed by atoms with van der Waals surface area (Å²) in [6, 6.07) is 10.6. The number of pyridine rings is 1. The van der Waals surface area contributed by atoms with Gasteiger partial charge in [0.25, 0.3) is 0 Å². The lowest BCUT2D eigenvalue weighted by Gasteiger charge is -2.09. The fourth-order valence-corrected chi connectivity index (χ4v) is 3.41. The maximum absolute atomic E-state index is 5.61. The first-order valence-electron chi connectivity index (χ1n) is 8.69. The normalized spacial score (nSPS) is 11.4. The van der Waals surface area contributed by atoms with Crippen LogP contribution in [0.3, 0.4) is 0 Å². The number of fused-ring (bicyclic) bond motifs is 1. The molecule has 4 aromatic rings. The van der Waals surface area contributed by atoms with Crippen molar-refractivity contribution in [3.8, 4) is 22.4 Å². The van der Waals surface area contributed by atoms with Crippen LogP contribution in [0.15, 0.2) is 48.9 Å². The summed E-state index contributed by atoms with van der Waals surface area (Å²) in [4.78, 5) is 16.1. The number of nitrogens with zero attached hydrogens (tertiary/aromatic N) is 3. The van der Waals surface area contributed by atoms with Gasteiger partial charge in [-0.2, -0.15) is 0 Å². The Hall–Kier alpha value is -3.21. The minimum absolute atomic E-state index is 0.287. The third kappa shape index (κ3) is 2.81. The predicted octanol–water partition coefficient (Wildman–Crippen LogP) is 4.70. The van der Waals surface area contributed by atoms with E-state index in [-0.39, 0.29) is 5.95 Å². The summed E-state index contributed by atoms with van der Waals surface area (Å²) < 4.78 is 0. The number of nitrogens with one attached hydrogen (secondary N) is 1. The molecule has 0 saturated carbocycles. The van der Waals surface area contributed by atoms with Crippen LogP contribution in [0.4, 0.5) is 5.95 Å². The highest BCUT2D eigenvalue weighted by atomic mass is 15.0. The molecule has 3 aromatic heterocycles. The van der Waals surface area contributed by atoms with E-state index in [0.29, 0.717) is 5.92 Å². The van der Waals surface area contributed by atoms with Gasteiger partial charge >= 0.3 is 0 Å². The van der Waals surface area contributed by atoms with Crippen LogP contribution in [-0.2, 0) is 0 Å². The number of benzene rings is 1. The van der Waals surface area contributed by atoms with Gasteiger partial charge in [-0.3, -0.25) is 4.98 Å². The Kier molecular flexibility index (Phi) is 3.92. The number of aryl methyl sites for hydroxylation is 1. The van der Waals surface area contributed by atoms with Crippen LogP contribution >= 0.6 is 0 Å². The summed E-state index contributed by atoms with van der Waals surface area (Å²) in [6.45, 7) is 6.46. The van der Waals surface area contributed by atoms with Crippen molar-refractivity contribution in [3.63, 3.8) is 0 Å². The van der Waals surface area contributed by atoms with Crippen LogP contribution in [0.25, 0.3) is 33.3 Å². The summed E-state index contributed by atoms with van der Waals surface area (Å²) in [6.07, 6.45) is 5.38. The molecule has 3 N–H and O–H groups in total. The Morgan fingerprint density at radius 1 is 0.923 bits per heavy atom. The monoisotopic (exact) mass is 343 g/mol. The van der Waals surface area contributed by atoms with Crippen molar-refractivity contribution in [2.24, 2.45) is 0 Å². The molecular weight excluding hydrogens is 322 g/mol. The summed E-state index contributed by atoms with van der Waals surface area (Å²) in [7, 11) is 0. The predicted molar refractivity (Wildman–Crippen MR) is 106 cm³/mol. The number of nitrogen functional groups attached to an aromatic ring is 1. The van der Waals surface area contributed by atoms with Crippen LogP contribution in [0.1, 0.15) is 31.0 Å². The Morgan fingerprint density at radius 3 is 2.38 bits per heavy atom. The number of aromatic nitrogens is 4. The van der Waals surface area contributed by atoms with Gasteiger partial charge in [0.1, 0.15) is 0 Å². The summed E-state index contributed by atoms with van der Waals surface area (Å²) >= 11 is 0. The van der Waals surface area contributed by atoms with Gasteiger partial charge in [-0.15, -0.1) is 0 Å². The highest BCUT2D eigenvalue weighted by Crippen LogP contribution is 2.37. The summed E-state index contributed by atoms with van der Waals surface area (Å²) in [5.41, 5.74) is 13.4. The molecule has 0 aliphatic carbocycles. The Bertz CT molecular complexity index is 1080. The molecule has 0 spiro atoms. The molecule has 3 heterocycles. The molecule has 0 unspecified atom stereocenters. The van der Waals surface area contributed by atoms with E-state index in [1.807, 2.05) is 13.1 Å². The lowest BCUT2D eigenvalue weighted by molar-refractivity contribution is 0.878. The van der Waals surface area contributed by atoms with E-state index in [2.05, 4.69) is 64.1 Å². The molecule has 0 amide bonds. The first-order valence-corrected chi connectivity index (χ1v) is 8.69. The second-order valence-corrected chi connectivity index (χ2v) is 6.84. The quantitative estimate of drug-likeness (QED) is 0.565. The van der Waals surface area contributed by atoms with Crippen LogP contribution in [0.2, 0.25) is 0 Å². The minimum atomic E-state index is 0.287. The van der Waals surface area contributed by atoms with Gasteiger partial charge < -0.3 is 10.7 Å². The summed E-state index contributed by atoms with van der Waals surface area (Å²) in [5.74, 6) is 0.667. The third-order valence-electron chi connectivity index (χ3n) is 4.61. The number of anilines is 1. The van der Waals surface area contributed by atoms with Gasteiger partial charge in [-0.1, -0.05) is 19.9 Å². The minimum Gasteiger partial charge on any atom is -0.368 e. The fraction of sp³-hybridized carbons (Fsp3) is 0.190. The molecule has 0 saturated heterocycles. The molecule has 5 nitrogen and oxygen atoms in total. The lowest BCUT2D eigenvalue weighted by Crippen LogP contribution is -1.93. The number of H-pyrrole nitrogens is 1. The van der Waals surface area contributed by atoms with Crippen LogP contribution in [-0.4, -0.2) is 19.9 Å². The fourth-order valence-electron chi connectivity index (χ4n) is 3.41. The van der Waals surface area contributed by atoms with E-state index in [1.54, 1.807) is 12.4 Å². The number of rotatable bonds is 3. The van der Waals surface area contributed by atoms with Crippen molar-refractivity contribution in [2.75, 3.05) is 5.73 Å². The molecule has 4 rings (SSSR count). The van der Waals surface area contributed by atoms with E-state index in [9.17, 15) is 0 Å². The van der Waals surface area contributed by atoms with Crippen LogP contribution < -0.4 is 5.73 Å². The van der Waals surface area contributed by atoms with Crippen LogP contribution in [0.5, 0.6) is 0 Å². The van der Waals surface area contributed by atoms with Gasteiger partial charge in [0.2, 0.25) is 5.95 Å². The molecule has 26 heavy (non-hydrogen) atoms. The smallest absolute Gasteiger partial charge is 0.219 e. The van der Waals surface area contributed by atoms with Crippen molar-refractivity contribution >= 4 is 16.9 Å². The van der Waals surface area contributed by atoms with E-state index in [1.165, 1.54) is 10.9 Å². The molecule has 130 valence electrons. The number of nitrogens with two attached hydrogens (primary N) is 1. The standard InChI is InChI=1S/C21H21N5/c1-12(2)19-17-9-14(16-10-24-21(22)25-11-16)4-5-18(17)26-20(19)15-6-7-23-13(3)8-15/h4-12,26H,1-3H3,(H2,22,24,25). The zero-order chi connectivity index (χ0) is 18.3. The second kappa shape index (κ2) is 6.26. The average molecular weight is 343 g/mol. The maximum Gasteiger partial charge on any atom is 0.219 e. The third-order valence-corrected chi connectivity index (χ3v) is 4.61. The first kappa shape index (κ1) is 16.3. The Balaban J connectivity index is 1.92. The van der Waals surface area contributed by atoms with Gasteiger partial charge in [0.15, 0.2) is 0 Å². The van der Waals surface area contributed by atoms with E-state index in [0.717, 1.165) is 33.6 Å². The van der Waals surface area contributed by atoms with Crippen molar-refractivity contribution in [2.45, 2.75) is 26.7 Å². The first-order chi connectivity index (χ1) is 12.5.